The minimum absolute atomic E-state index is 0.0558. The van der Waals surface area contributed by atoms with Gasteiger partial charge in [-0.3, -0.25) is 0 Å². The first kappa shape index (κ1) is 12.0. The second-order valence-electron chi connectivity index (χ2n) is 4.29. The molecule has 1 aliphatic rings. The third-order valence-corrected chi connectivity index (χ3v) is 2.90. The number of anilines is 2. The Morgan fingerprint density at radius 2 is 2.06 bits per heavy atom. The van der Waals surface area contributed by atoms with Crippen LogP contribution in [-0.4, -0.2) is 43.1 Å². The lowest BCUT2D eigenvalue weighted by molar-refractivity contribution is 0.413. The molecule has 0 saturated carbocycles. The van der Waals surface area contributed by atoms with Crippen LogP contribution in [0.1, 0.15) is 6.42 Å². The van der Waals surface area contributed by atoms with Gasteiger partial charge in [0.05, 0.1) is 0 Å². The lowest BCUT2D eigenvalue weighted by Gasteiger charge is -2.15. The summed E-state index contributed by atoms with van der Waals surface area (Å²) in [6.07, 6.45) is 0.934. The van der Waals surface area contributed by atoms with Gasteiger partial charge in [0.25, 0.3) is 0 Å². The molecule has 17 heavy (non-hydrogen) atoms. The van der Waals surface area contributed by atoms with E-state index in [1.54, 1.807) is 7.05 Å². The van der Waals surface area contributed by atoms with Gasteiger partial charge in [0.15, 0.2) is 23.3 Å². The van der Waals surface area contributed by atoms with E-state index in [-0.39, 0.29) is 17.7 Å². The fourth-order valence-corrected chi connectivity index (χ4v) is 1.99. The molecule has 2 heterocycles. The van der Waals surface area contributed by atoms with E-state index in [0.29, 0.717) is 0 Å². The van der Waals surface area contributed by atoms with Crippen LogP contribution in [0.15, 0.2) is 6.07 Å². The van der Waals surface area contributed by atoms with Crippen molar-refractivity contribution in [3.8, 4) is 0 Å². The van der Waals surface area contributed by atoms with Crippen molar-refractivity contribution in [2.24, 2.45) is 0 Å². The number of halogens is 2. The van der Waals surface area contributed by atoms with E-state index in [9.17, 15) is 8.78 Å². The number of hydrogen-bond donors (Lipinski definition) is 2. The number of pyridine rings is 1. The van der Waals surface area contributed by atoms with E-state index in [2.05, 4.69) is 20.5 Å². The maximum absolute atomic E-state index is 13.5. The topological polar surface area (TPSA) is 40.2 Å². The maximum atomic E-state index is 13.5. The molecule has 4 nitrogen and oxygen atoms in total. The largest absolute Gasteiger partial charge is 0.371 e. The average Bonchev–Trinajstić information content (AvgIpc) is 2.68. The maximum Gasteiger partial charge on any atom is 0.168 e. The van der Waals surface area contributed by atoms with Gasteiger partial charge in [0.1, 0.15) is 0 Å². The Labute approximate surface area is 99.0 Å². The summed E-state index contributed by atoms with van der Waals surface area (Å²) in [6.45, 7) is 1.81. The van der Waals surface area contributed by atoms with Crippen molar-refractivity contribution in [1.29, 1.82) is 0 Å². The molecule has 94 valence electrons. The third-order valence-electron chi connectivity index (χ3n) is 2.90. The Hall–Kier alpha value is -1.43. The second kappa shape index (κ2) is 4.83. The predicted molar refractivity (Wildman–Crippen MR) is 63.2 cm³/mol. The number of hydrogen-bond acceptors (Lipinski definition) is 4. The van der Waals surface area contributed by atoms with Crippen molar-refractivity contribution in [2.75, 3.05) is 37.8 Å². The molecule has 0 aliphatic carbocycles. The van der Waals surface area contributed by atoms with Gasteiger partial charge in [-0.2, -0.15) is 0 Å². The summed E-state index contributed by atoms with van der Waals surface area (Å²) >= 11 is 0. The van der Waals surface area contributed by atoms with Gasteiger partial charge >= 0.3 is 0 Å². The van der Waals surface area contributed by atoms with E-state index in [4.69, 9.17) is 0 Å². The highest BCUT2D eigenvalue weighted by Crippen LogP contribution is 2.21. The van der Waals surface area contributed by atoms with Crippen LogP contribution in [-0.2, 0) is 0 Å². The predicted octanol–water partition coefficient (Wildman–Crippen LogP) is 1.52. The number of aromatic nitrogens is 1. The van der Waals surface area contributed by atoms with Gasteiger partial charge in [0, 0.05) is 25.7 Å². The molecular weight excluding hydrogens is 226 g/mol. The Morgan fingerprint density at radius 1 is 1.35 bits per heavy atom. The average molecular weight is 242 g/mol. The number of nitrogens with zero attached hydrogens (tertiary/aromatic N) is 2. The molecule has 1 saturated heterocycles. The summed E-state index contributed by atoms with van der Waals surface area (Å²) in [5.74, 6) is -1.17. The first-order valence-electron chi connectivity index (χ1n) is 5.59. The summed E-state index contributed by atoms with van der Waals surface area (Å²) in [5.41, 5.74) is 0. The molecule has 2 N–H and O–H groups in total. The van der Waals surface area contributed by atoms with Gasteiger partial charge < -0.3 is 15.5 Å². The van der Waals surface area contributed by atoms with Crippen LogP contribution >= 0.6 is 0 Å². The summed E-state index contributed by atoms with van der Waals surface area (Å²) in [4.78, 5) is 6.04. The van der Waals surface area contributed by atoms with Crippen molar-refractivity contribution < 1.29 is 8.78 Å². The Bertz CT molecular complexity index is 411. The van der Waals surface area contributed by atoms with Crippen LogP contribution < -0.4 is 10.6 Å². The van der Waals surface area contributed by atoms with Crippen LogP contribution in [0.4, 0.5) is 20.4 Å². The van der Waals surface area contributed by atoms with Gasteiger partial charge in [-0.05, 0) is 20.0 Å². The SMILES string of the molecule is CNc1nc(NC2CCN(C)C2)c(F)cc1F. The van der Waals surface area contributed by atoms with Crippen molar-refractivity contribution in [3.63, 3.8) is 0 Å². The fourth-order valence-electron chi connectivity index (χ4n) is 1.99. The molecule has 0 amide bonds. The summed E-state index contributed by atoms with van der Waals surface area (Å²) in [5, 5.41) is 5.60. The van der Waals surface area contributed by atoms with Crippen LogP contribution in [0.2, 0.25) is 0 Å². The quantitative estimate of drug-likeness (QED) is 0.843. The van der Waals surface area contributed by atoms with Gasteiger partial charge in [-0.25, -0.2) is 13.8 Å². The lowest BCUT2D eigenvalue weighted by atomic mass is 10.2. The summed E-state index contributed by atoms with van der Waals surface area (Å²) < 4.78 is 26.7. The summed E-state index contributed by atoms with van der Waals surface area (Å²) in [6, 6.07) is 1.01. The highest BCUT2D eigenvalue weighted by atomic mass is 19.1. The number of nitrogens with one attached hydrogen (secondary N) is 2. The molecule has 0 spiro atoms. The zero-order chi connectivity index (χ0) is 12.4. The minimum atomic E-state index is -0.681. The molecule has 0 aromatic carbocycles. The molecular formula is C11H16F2N4. The zero-order valence-corrected chi connectivity index (χ0v) is 9.93. The number of rotatable bonds is 3. The molecule has 1 unspecified atom stereocenters. The normalized spacial score (nSPS) is 20.6. The highest BCUT2D eigenvalue weighted by Gasteiger charge is 2.21. The van der Waals surface area contributed by atoms with Gasteiger partial charge in [-0.15, -0.1) is 0 Å². The molecule has 2 rings (SSSR count). The number of likely N-dealkylation sites (tertiary alicyclic amines) is 1. The molecule has 1 aromatic heterocycles. The number of likely N-dealkylation sites (N-methyl/N-ethyl adjacent to an activating group) is 1. The van der Waals surface area contributed by atoms with Crippen molar-refractivity contribution in [2.45, 2.75) is 12.5 Å². The third kappa shape index (κ3) is 2.63. The second-order valence-corrected chi connectivity index (χ2v) is 4.29. The van der Waals surface area contributed by atoms with E-state index < -0.39 is 11.6 Å². The Kier molecular flexibility index (Phi) is 3.42. The molecule has 1 aromatic rings. The minimum Gasteiger partial charge on any atom is -0.371 e. The van der Waals surface area contributed by atoms with E-state index in [0.717, 1.165) is 25.6 Å². The molecule has 1 atom stereocenters. The highest BCUT2D eigenvalue weighted by molar-refractivity contribution is 5.47. The molecule has 0 bridgehead atoms. The van der Waals surface area contributed by atoms with Crippen molar-refractivity contribution in [3.05, 3.63) is 17.7 Å². The first-order chi connectivity index (χ1) is 8.10. The van der Waals surface area contributed by atoms with Crippen LogP contribution in [0.5, 0.6) is 0 Å². The Morgan fingerprint density at radius 3 is 2.65 bits per heavy atom. The summed E-state index contributed by atoms with van der Waals surface area (Å²) in [7, 11) is 3.56. The fraction of sp³-hybridized carbons (Fsp3) is 0.545. The molecule has 0 radical (unpaired) electrons. The monoisotopic (exact) mass is 242 g/mol. The van der Waals surface area contributed by atoms with Gasteiger partial charge in [0.2, 0.25) is 0 Å². The van der Waals surface area contributed by atoms with E-state index in [1.165, 1.54) is 0 Å². The molecule has 1 aliphatic heterocycles. The molecule has 6 heteroatoms. The Balaban J connectivity index is 2.15. The van der Waals surface area contributed by atoms with Crippen molar-refractivity contribution >= 4 is 11.6 Å². The van der Waals surface area contributed by atoms with Crippen molar-refractivity contribution in [1.82, 2.24) is 9.88 Å². The zero-order valence-electron chi connectivity index (χ0n) is 9.93. The lowest BCUT2D eigenvalue weighted by Crippen LogP contribution is -2.24. The first-order valence-corrected chi connectivity index (χ1v) is 5.59. The van der Waals surface area contributed by atoms with E-state index >= 15 is 0 Å². The van der Waals surface area contributed by atoms with Crippen LogP contribution in [0.3, 0.4) is 0 Å². The molecule has 1 fully saturated rings. The van der Waals surface area contributed by atoms with Crippen LogP contribution in [0.25, 0.3) is 0 Å². The van der Waals surface area contributed by atoms with Gasteiger partial charge in [-0.1, -0.05) is 0 Å². The van der Waals surface area contributed by atoms with E-state index in [1.807, 2.05) is 7.05 Å². The standard InChI is InChI=1S/C11H16F2N4/c1-14-10-8(12)5-9(13)11(16-10)15-7-3-4-17(2)6-7/h5,7H,3-4,6H2,1-2H3,(H2,14,15,16). The van der Waals surface area contributed by atoms with Crippen LogP contribution in [0, 0.1) is 11.6 Å². The smallest absolute Gasteiger partial charge is 0.168 e.